The summed E-state index contributed by atoms with van der Waals surface area (Å²) >= 11 is 1.73. The summed E-state index contributed by atoms with van der Waals surface area (Å²) in [6, 6.07) is 7.81. The van der Waals surface area contributed by atoms with Crippen molar-refractivity contribution in [2.75, 3.05) is 32.9 Å². The number of benzene rings is 1. The molecule has 2 atom stereocenters. The third-order valence-corrected chi connectivity index (χ3v) is 5.58. The first kappa shape index (κ1) is 16.3. The topological polar surface area (TPSA) is 43.9 Å². The molecule has 3 rings (SSSR count). The van der Waals surface area contributed by atoms with Gasteiger partial charge in [-0.3, -0.25) is 14.5 Å². The summed E-state index contributed by atoms with van der Waals surface area (Å²) in [6.45, 7) is 4.69. The molecule has 0 N–H and O–H groups in total. The Bertz CT molecular complexity index is 622. The van der Waals surface area contributed by atoms with E-state index in [2.05, 4.69) is 35.4 Å². The smallest absolute Gasteiger partial charge is 0.247 e. The summed E-state index contributed by atoms with van der Waals surface area (Å²) in [5.41, 5.74) is 1.25. The largest absolute Gasteiger partial charge is 0.332 e. The Morgan fingerprint density at radius 2 is 2.00 bits per heavy atom. The van der Waals surface area contributed by atoms with E-state index < -0.39 is 0 Å². The van der Waals surface area contributed by atoms with E-state index in [-0.39, 0.29) is 23.9 Å². The lowest BCUT2D eigenvalue weighted by atomic mass is 10.0. The fraction of sp³-hybridized carbons (Fsp3) is 0.529. The minimum absolute atomic E-state index is 0.0552. The number of likely N-dealkylation sites (N-methyl/N-ethyl adjacent to an activating group) is 1. The number of hydrogen-bond donors (Lipinski definition) is 0. The molecule has 23 heavy (non-hydrogen) atoms. The highest BCUT2D eigenvalue weighted by Gasteiger charge is 2.44. The monoisotopic (exact) mass is 333 g/mol. The van der Waals surface area contributed by atoms with E-state index in [9.17, 15) is 9.59 Å². The maximum atomic E-state index is 12.5. The van der Waals surface area contributed by atoms with Gasteiger partial charge in [0.1, 0.15) is 12.1 Å². The fourth-order valence-corrected chi connectivity index (χ4v) is 3.80. The molecule has 1 aromatic carbocycles. The molecule has 0 aromatic heterocycles. The van der Waals surface area contributed by atoms with Crippen molar-refractivity contribution in [2.45, 2.75) is 30.4 Å². The van der Waals surface area contributed by atoms with Gasteiger partial charge in [-0.25, -0.2) is 0 Å². The molecular weight excluding hydrogens is 310 g/mol. The van der Waals surface area contributed by atoms with Crippen LogP contribution in [0.4, 0.5) is 0 Å². The van der Waals surface area contributed by atoms with Crippen molar-refractivity contribution < 1.29 is 9.59 Å². The van der Waals surface area contributed by atoms with Gasteiger partial charge in [0.15, 0.2) is 0 Å². The van der Waals surface area contributed by atoms with Crippen LogP contribution < -0.4 is 0 Å². The number of fused-ring (bicyclic) bond motifs is 1. The zero-order valence-corrected chi connectivity index (χ0v) is 14.7. The normalized spacial score (nSPS) is 25.7. The number of piperazine rings is 2. The maximum absolute atomic E-state index is 12.5. The van der Waals surface area contributed by atoms with E-state index in [1.807, 2.05) is 0 Å². The lowest BCUT2D eigenvalue weighted by Gasteiger charge is -2.47. The van der Waals surface area contributed by atoms with Crippen molar-refractivity contribution >= 4 is 23.6 Å². The molecule has 0 bridgehead atoms. The van der Waals surface area contributed by atoms with Crippen LogP contribution in [0.2, 0.25) is 0 Å². The van der Waals surface area contributed by atoms with Crippen molar-refractivity contribution in [1.29, 1.82) is 0 Å². The fourth-order valence-electron chi connectivity index (χ4n) is 3.32. The molecule has 2 amide bonds. The van der Waals surface area contributed by atoms with Crippen LogP contribution >= 0.6 is 11.8 Å². The van der Waals surface area contributed by atoms with E-state index in [1.165, 1.54) is 10.5 Å². The van der Waals surface area contributed by atoms with Gasteiger partial charge in [-0.05, 0) is 30.9 Å². The van der Waals surface area contributed by atoms with E-state index in [0.29, 0.717) is 13.1 Å². The standard InChI is InChI=1S/C17H23N3O2S/c1-12-16(21)20-8-7-19(11-15(20)17(22)18(12)2)10-13-5-4-6-14(9-13)23-3/h4-6,9,12,15H,7-8,10-11H2,1-3H3/t12-,15+/m0/s1. The summed E-state index contributed by atoms with van der Waals surface area (Å²) in [5.74, 6) is 0.126. The Morgan fingerprint density at radius 3 is 2.74 bits per heavy atom. The Labute approximate surface area is 141 Å². The molecule has 2 fully saturated rings. The molecule has 0 saturated carbocycles. The van der Waals surface area contributed by atoms with Crippen molar-refractivity contribution in [3.63, 3.8) is 0 Å². The average molecular weight is 333 g/mol. The lowest BCUT2D eigenvalue weighted by Crippen LogP contribution is -2.68. The molecule has 0 radical (unpaired) electrons. The minimum atomic E-state index is -0.344. The predicted molar refractivity (Wildman–Crippen MR) is 91.2 cm³/mol. The third kappa shape index (κ3) is 3.10. The number of nitrogens with zero attached hydrogens (tertiary/aromatic N) is 3. The Morgan fingerprint density at radius 1 is 1.22 bits per heavy atom. The molecule has 1 aromatic rings. The van der Waals surface area contributed by atoms with Gasteiger partial charge < -0.3 is 9.80 Å². The Balaban J connectivity index is 1.71. The molecular formula is C17H23N3O2S. The van der Waals surface area contributed by atoms with Crippen molar-refractivity contribution in [3.8, 4) is 0 Å². The molecule has 0 spiro atoms. The molecule has 0 unspecified atom stereocenters. The van der Waals surface area contributed by atoms with Gasteiger partial charge >= 0.3 is 0 Å². The van der Waals surface area contributed by atoms with Gasteiger partial charge in [0.2, 0.25) is 11.8 Å². The van der Waals surface area contributed by atoms with E-state index in [0.717, 1.165) is 13.1 Å². The van der Waals surface area contributed by atoms with Gasteiger partial charge in [0, 0.05) is 38.1 Å². The highest BCUT2D eigenvalue weighted by molar-refractivity contribution is 7.98. The third-order valence-electron chi connectivity index (χ3n) is 4.86. The summed E-state index contributed by atoms with van der Waals surface area (Å²) in [4.78, 5) is 31.8. The predicted octanol–water partition coefficient (Wildman–Crippen LogP) is 1.28. The molecule has 0 aliphatic carbocycles. The van der Waals surface area contributed by atoms with Gasteiger partial charge in [-0.15, -0.1) is 11.8 Å². The second-order valence-electron chi connectivity index (χ2n) is 6.26. The lowest BCUT2D eigenvalue weighted by molar-refractivity contribution is -0.163. The number of carbonyl (C=O) groups is 2. The Hall–Kier alpha value is -1.53. The SMILES string of the molecule is CSc1cccc(CN2CCN3C(=O)[C@H](C)N(C)C(=O)[C@H]3C2)c1. The number of amides is 2. The number of carbonyl (C=O) groups excluding carboxylic acids is 2. The maximum Gasteiger partial charge on any atom is 0.247 e. The number of rotatable bonds is 3. The van der Waals surface area contributed by atoms with Crippen LogP contribution in [-0.2, 0) is 16.1 Å². The summed E-state index contributed by atoms with van der Waals surface area (Å²) in [5, 5.41) is 0. The van der Waals surface area contributed by atoms with E-state index in [1.54, 1.807) is 35.5 Å². The second-order valence-corrected chi connectivity index (χ2v) is 7.14. The first-order valence-corrected chi connectivity index (χ1v) is 9.16. The summed E-state index contributed by atoms with van der Waals surface area (Å²) < 4.78 is 0. The van der Waals surface area contributed by atoms with Crippen molar-refractivity contribution in [1.82, 2.24) is 14.7 Å². The first-order chi connectivity index (χ1) is 11.0. The van der Waals surface area contributed by atoms with Crippen molar-refractivity contribution in [2.24, 2.45) is 0 Å². The van der Waals surface area contributed by atoms with Crippen LogP contribution in [0.3, 0.4) is 0 Å². The summed E-state index contributed by atoms with van der Waals surface area (Å²) in [7, 11) is 1.73. The zero-order chi connectivity index (χ0) is 16.6. The number of hydrogen-bond acceptors (Lipinski definition) is 4. The van der Waals surface area contributed by atoms with Gasteiger partial charge in [-0.1, -0.05) is 12.1 Å². The van der Waals surface area contributed by atoms with Gasteiger partial charge in [0.05, 0.1) is 0 Å². The van der Waals surface area contributed by atoms with Crippen LogP contribution in [-0.4, -0.2) is 71.5 Å². The van der Waals surface area contributed by atoms with Gasteiger partial charge in [-0.2, -0.15) is 0 Å². The first-order valence-electron chi connectivity index (χ1n) is 7.93. The molecule has 124 valence electrons. The highest BCUT2D eigenvalue weighted by atomic mass is 32.2. The van der Waals surface area contributed by atoms with Gasteiger partial charge in [0.25, 0.3) is 0 Å². The average Bonchev–Trinajstić information content (AvgIpc) is 2.58. The van der Waals surface area contributed by atoms with E-state index in [4.69, 9.17) is 0 Å². The molecule has 2 heterocycles. The second kappa shape index (κ2) is 6.53. The number of thioether (sulfide) groups is 1. The molecule has 2 saturated heterocycles. The summed E-state index contributed by atoms with van der Waals surface area (Å²) in [6.07, 6.45) is 2.07. The molecule has 2 aliphatic rings. The zero-order valence-electron chi connectivity index (χ0n) is 13.9. The van der Waals surface area contributed by atoms with Crippen LogP contribution in [0.1, 0.15) is 12.5 Å². The molecule has 2 aliphatic heterocycles. The molecule has 5 nitrogen and oxygen atoms in total. The Kier molecular flexibility index (Phi) is 4.64. The van der Waals surface area contributed by atoms with Crippen molar-refractivity contribution in [3.05, 3.63) is 29.8 Å². The molecule has 6 heteroatoms. The highest BCUT2D eigenvalue weighted by Crippen LogP contribution is 2.23. The van der Waals surface area contributed by atoms with Crippen LogP contribution in [0, 0.1) is 0 Å². The van der Waals surface area contributed by atoms with Crippen LogP contribution in [0.25, 0.3) is 0 Å². The quantitative estimate of drug-likeness (QED) is 0.782. The van der Waals surface area contributed by atoms with Crippen LogP contribution in [0.5, 0.6) is 0 Å². The minimum Gasteiger partial charge on any atom is -0.332 e. The van der Waals surface area contributed by atoms with Crippen LogP contribution in [0.15, 0.2) is 29.2 Å². The van der Waals surface area contributed by atoms with E-state index >= 15 is 0 Å².